The van der Waals surface area contributed by atoms with E-state index >= 15 is 0 Å². The fraction of sp³-hybridized carbons (Fsp3) is 0.429. The van der Waals surface area contributed by atoms with Gasteiger partial charge in [0.1, 0.15) is 0 Å². The maximum Gasteiger partial charge on any atom is 0.0231 e. The van der Waals surface area contributed by atoms with E-state index in [0.717, 1.165) is 0 Å². The topological polar surface area (TPSA) is 6.48 Å². The predicted molar refractivity (Wildman–Crippen MR) is 223 cm³/mol. The zero-order valence-electron chi connectivity index (χ0n) is 29.9. The van der Waals surface area contributed by atoms with Crippen molar-refractivity contribution in [3.8, 4) is 0 Å². The molecular weight excluding hydrogens is 656 g/mol. The summed E-state index contributed by atoms with van der Waals surface area (Å²) in [5, 5.41) is 6.34. The molecular formula is C42H58N2P4. The zero-order valence-corrected chi connectivity index (χ0v) is 33.4. The van der Waals surface area contributed by atoms with Gasteiger partial charge in [-0.15, -0.1) is 0 Å². The van der Waals surface area contributed by atoms with Crippen molar-refractivity contribution in [1.29, 1.82) is 0 Å². The zero-order chi connectivity index (χ0) is 33.6. The highest BCUT2D eigenvalue weighted by Crippen LogP contribution is 2.46. The summed E-state index contributed by atoms with van der Waals surface area (Å²) in [7, 11) is -0.960. The van der Waals surface area contributed by atoms with Crippen molar-refractivity contribution in [1.82, 2.24) is 9.80 Å². The number of hydrogen-bond donors (Lipinski definition) is 0. The molecule has 0 radical (unpaired) electrons. The Balaban J connectivity index is 1.44. The highest BCUT2D eigenvalue weighted by Gasteiger charge is 2.25. The lowest BCUT2D eigenvalue weighted by molar-refractivity contribution is 0.303. The van der Waals surface area contributed by atoms with Crippen LogP contribution in [0.4, 0.5) is 0 Å². The van der Waals surface area contributed by atoms with E-state index in [1.807, 2.05) is 0 Å². The Morgan fingerprint density at radius 3 is 0.750 bits per heavy atom. The number of nitrogens with zero attached hydrogens (tertiary/aromatic N) is 2. The normalized spacial score (nSPS) is 23.5. The molecule has 0 unspecified atom stereocenters. The van der Waals surface area contributed by atoms with Crippen LogP contribution in [0.1, 0.15) is 53.4 Å². The van der Waals surface area contributed by atoms with E-state index in [0.29, 0.717) is 12.1 Å². The van der Waals surface area contributed by atoms with E-state index in [1.54, 1.807) is 21.2 Å². The van der Waals surface area contributed by atoms with Gasteiger partial charge >= 0.3 is 0 Å². The molecule has 1 fully saturated rings. The summed E-state index contributed by atoms with van der Waals surface area (Å²) < 4.78 is 0. The van der Waals surface area contributed by atoms with Gasteiger partial charge in [0.25, 0.3) is 0 Å². The van der Waals surface area contributed by atoms with Crippen molar-refractivity contribution < 1.29 is 0 Å². The van der Waals surface area contributed by atoms with Crippen LogP contribution in [0, 0.1) is 0 Å². The molecule has 0 aromatic heterocycles. The van der Waals surface area contributed by atoms with Gasteiger partial charge in [-0.25, -0.2) is 0 Å². The van der Waals surface area contributed by atoms with Crippen LogP contribution in [0.15, 0.2) is 121 Å². The van der Waals surface area contributed by atoms with Gasteiger partial charge in [-0.3, -0.25) is 9.80 Å². The van der Waals surface area contributed by atoms with E-state index in [1.165, 1.54) is 75.5 Å². The lowest BCUT2D eigenvalue weighted by Gasteiger charge is -2.36. The van der Waals surface area contributed by atoms with Crippen molar-refractivity contribution in [2.75, 3.05) is 49.8 Å². The van der Waals surface area contributed by atoms with Crippen LogP contribution in [-0.4, -0.2) is 71.7 Å². The molecule has 0 bridgehead atoms. The SMILES string of the molecule is CC(C)N1C[P@](c2ccccc2)CCCC[P@@](c2ccccc2)CN(C(C)C)C[P@](c2ccccc2)CCCC[P@@](c2ccccc2)C1. The van der Waals surface area contributed by atoms with Crippen LogP contribution < -0.4 is 21.2 Å². The summed E-state index contributed by atoms with van der Waals surface area (Å²) in [5.41, 5.74) is 0. The molecule has 4 atom stereocenters. The first-order valence-electron chi connectivity index (χ1n) is 18.2. The summed E-state index contributed by atoms with van der Waals surface area (Å²) in [6.45, 7) is 9.74. The first kappa shape index (κ1) is 37.8. The number of rotatable bonds is 6. The summed E-state index contributed by atoms with van der Waals surface area (Å²) in [5.74, 6) is 0. The Morgan fingerprint density at radius 2 is 0.562 bits per heavy atom. The van der Waals surface area contributed by atoms with Crippen molar-refractivity contribution >= 4 is 52.9 Å². The van der Waals surface area contributed by atoms with Crippen LogP contribution >= 0.6 is 31.7 Å². The summed E-state index contributed by atoms with van der Waals surface area (Å²) in [4.78, 5) is 5.74. The second kappa shape index (κ2) is 20.4. The van der Waals surface area contributed by atoms with Crippen molar-refractivity contribution in [2.24, 2.45) is 0 Å². The third-order valence-electron chi connectivity index (χ3n) is 9.57. The molecule has 1 saturated heterocycles. The molecule has 0 N–H and O–H groups in total. The van der Waals surface area contributed by atoms with Crippen LogP contribution in [0.25, 0.3) is 0 Å². The molecule has 5 rings (SSSR count). The van der Waals surface area contributed by atoms with Crippen LogP contribution in [0.5, 0.6) is 0 Å². The molecule has 4 aromatic carbocycles. The lowest BCUT2D eigenvalue weighted by Crippen LogP contribution is -2.35. The maximum atomic E-state index is 2.87. The van der Waals surface area contributed by atoms with E-state index < -0.39 is 0 Å². The van der Waals surface area contributed by atoms with Gasteiger partial charge in [-0.1, -0.05) is 153 Å². The largest absolute Gasteiger partial charge is 0.292 e. The Bertz CT molecular complexity index is 1210. The van der Waals surface area contributed by atoms with Gasteiger partial charge in [0.15, 0.2) is 0 Å². The molecule has 48 heavy (non-hydrogen) atoms. The molecule has 1 aliphatic rings. The van der Waals surface area contributed by atoms with Gasteiger partial charge in [0, 0.05) is 37.2 Å². The van der Waals surface area contributed by atoms with E-state index in [-0.39, 0.29) is 31.7 Å². The Morgan fingerprint density at radius 1 is 0.354 bits per heavy atom. The van der Waals surface area contributed by atoms with Crippen LogP contribution in [-0.2, 0) is 0 Å². The minimum Gasteiger partial charge on any atom is -0.292 e. The highest BCUT2D eigenvalue weighted by atomic mass is 31.1. The first-order chi connectivity index (χ1) is 23.5. The molecule has 1 aliphatic heterocycles. The maximum absolute atomic E-state index is 2.87. The van der Waals surface area contributed by atoms with E-state index in [2.05, 4.69) is 159 Å². The number of benzene rings is 4. The molecule has 0 amide bonds. The molecule has 0 saturated carbocycles. The molecule has 256 valence electrons. The second-order valence-corrected chi connectivity index (χ2v) is 23.0. The van der Waals surface area contributed by atoms with E-state index in [4.69, 9.17) is 0 Å². The monoisotopic (exact) mass is 714 g/mol. The second-order valence-electron chi connectivity index (χ2n) is 13.7. The minimum atomic E-state index is -0.240. The van der Waals surface area contributed by atoms with Crippen molar-refractivity contribution in [3.63, 3.8) is 0 Å². The minimum absolute atomic E-state index is 0.240. The molecule has 0 spiro atoms. The fourth-order valence-corrected chi connectivity index (χ4v) is 17.3. The quantitative estimate of drug-likeness (QED) is 0.184. The smallest absolute Gasteiger partial charge is 0.0231 e. The Hall–Kier alpha value is -1.48. The highest BCUT2D eigenvalue weighted by molar-refractivity contribution is 7.67. The fourth-order valence-electron chi connectivity index (χ4n) is 6.51. The van der Waals surface area contributed by atoms with Gasteiger partial charge in [0.2, 0.25) is 0 Å². The van der Waals surface area contributed by atoms with Crippen molar-refractivity contribution in [2.45, 2.75) is 65.5 Å². The molecule has 6 heteroatoms. The third kappa shape index (κ3) is 11.8. The summed E-state index contributed by atoms with van der Waals surface area (Å²) in [6, 6.07) is 47.3. The van der Waals surface area contributed by atoms with Crippen LogP contribution in [0.3, 0.4) is 0 Å². The Labute approximate surface area is 298 Å². The van der Waals surface area contributed by atoms with Gasteiger partial charge < -0.3 is 0 Å². The van der Waals surface area contributed by atoms with E-state index in [9.17, 15) is 0 Å². The summed E-state index contributed by atoms with van der Waals surface area (Å²) in [6.07, 6.45) is 15.5. The Kier molecular flexibility index (Phi) is 16.0. The molecule has 1 heterocycles. The number of hydrogen-bond acceptors (Lipinski definition) is 2. The predicted octanol–water partition coefficient (Wildman–Crippen LogP) is 10.0. The third-order valence-corrected chi connectivity index (χ3v) is 19.9. The average Bonchev–Trinajstić information content (AvgIpc) is 3.12. The summed E-state index contributed by atoms with van der Waals surface area (Å²) >= 11 is 0. The van der Waals surface area contributed by atoms with Gasteiger partial charge in [-0.05, 0) is 99.2 Å². The molecule has 2 nitrogen and oxygen atoms in total. The lowest BCUT2D eigenvalue weighted by atomic mass is 10.4. The molecule has 0 aliphatic carbocycles. The van der Waals surface area contributed by atoms with Crippen LogP contribution in [0.2, 0.25) is 0 Å². The molecule has 4 aromatic rings. The standard InChI is InChI=1S/C42H58N2P4/c1-37(2)43-33-45(39-21-9-5-10-22-39)29-17-19-31-47(41-25-13-7-14-26-41)35-44(38(3)4)36-48(42-27-15-8-16-28-42)32-20-18-30-46(34-43)40-23-11-6-12-24-40/h5-16,21-28,37-38H,17-20,29-36H2,1-4H3/t45-,46-,47-,48-/m1/s1. The van der Waals surface area contributed by atoms with Gasteiger partial charge in [-0.2, -0.15) is 0 Å². The van der Waals surface area contributed by atoms with Gasteiger partial charge in [0.05, 0.1) is 0 Å². The van der Waals surface area contributed by atoms with Crippen molar-refractivity contribution in [3.05, 3.63) is 121 Å². The average molecular weight is 715 g/mol. The first-order valence-corrected chi connectivity index (χ1v) is 25.0.